The first-order chi connectivity index (χ1) is 12.9. The number of H-pyrrole nitrogens is 1. The Bertz CT molecular complexity index is 965. The quantitative estimate of drug-likeness (QED) is 0.727. The summed E-state index contributed by atoms with van der Waals surface area (Å²) in [6.45, 7) is 3.17. The van der Waals surface area contributed by atoms with Crippen molar-refractivity contribution in [2.24, 2.45) is 0 Å². The second-order valence-electron chi connectivity index (χ2n) is 6.42. The Morgan fingerprint density at radius 2 is 1.96 bits per heavy atom. The van der Waals surface area contributed by atoms with Crippen molar-refractivity contribution in [2.45, 2.75) is 32.0 Å². The minimum atomic E-state index is -4.55. The minimum absolute atomic E-state index is 0.0873. The number of nitrogens with zero attached hydrogens (tertiary/aromatic N) is 4. The fourth-order valence-corrected chi connectivity index (χ4v) is 3.14. The molecule has 0 unspecified atom stereocenters. The molecule has 1 fully saturated rings. The van der Waals surface area contributed by atoms with E-state index in [9.17, 15) is 13.2 Å². The molecule has 3 aromatic heterocycles. The van der Waals surface area contributed by atoms with E-state index in [1.165, 1.54) is 0 Å². The van der Waals surface area contributed by atoms with Gasteiger partial charge in [0.05, 0.1) is 16.6 Å². The zero-order chi connectivity index (χ0) is 19.0. The highest BCUT2D eigenvalue weighted by Gasteiger charge is 2.33. The van der Waals surface area contributed by atoms with Crippen molar-refractivity contribution in [1.82, 2.24) is 25.1 Å². The number of halogens is 3. The summed E-state index contributed by atoms with van der Waals surface area (Å²) in [6, 6.07) is 2.87. The average Bonchev–Trinajstić information content (AvgIpc) is 3.06. The van der Waals surface area contributed by atoms with Gasteiger partial charge in [0, 0.05) is 24.9 Å². The van der Waals surface area contributed by atoms with Crippen LogP contribution < -0.4 is 5.32 Å². The van der Waals surface area contributed by atoms with E-state index in [4.69, 9.17) is 4.74 Å². The number of pyridine rings is 1. The topological polar surface area (TPSA) is 88.6 Å². The predicted octanol–water partition coefficient (Wildman–Crippen LogP) is 3.33. The van der Waals surface area contributed by atoms with Crippen molar-refractivity contribution in [2.75, 3.05) is 18.5 Å². The number of aromatic amines is 1. The number of aryl methyl sites for hydroxylation is 1. The molecule has 1 saturated heterocycles. The van der Waals surface area contributed by atoms with Crippen LogP contribution >= 0.6 is 0 Å². The Morgan fingerprint density at radius 3 is 2.70 bits per heavy atom. The van der Waals surface area contributed by atoms with Gasteiger partial charge in [0.15, 0.2) is 0 Å². The molecule has 1 aliphatic heterocycles. The number of ether oxygens (including phenoxy) is 1. The number of rotatable bonds is 3. The van der Waals surface area contributed by atoms with E-state index in [0.717, 1.165) is 30.9 Å². The molecule has 2 N–H and O–H groups in total. The van der Waals surface area contributed by atoms with Crippen molar-refractivity contribution in [3.8, 4) is 11.4 Å². The highest BCUT2D eigenvalue weighted by molar-refractivity contribution is 6.00. The Kier molecular flexibility index (Phi) is 4.42. The van der Waals surface area contributed by atoms with Gasteiger partial charge in [0.25, 0.3) is 0 Å². The molecule has 0 saturated carbocycles. The van der Waals surface area contributed by atoms with E-state index >= 15 is 0 Å². The number of nitrogens with one attached hydrogen (secondary N) is 2. The summed E-state index contributed by atoms with van der Waals surface area (Å²) < 4.78 is 44.4. The van der Waals surface area contributed by atoms with Crippen molar-refractivity contribution in [3.05, 3.63) is 29.8 Å². The first-order valence-corrected chi connectivity index (χ1v) is 8.51. The second kappa shape index (κ2) is 6.76. The Hall–Kier alpha value is -2.75. The van der Waals surface area contributed by atoms with Gasteiger partial charge in [0.1, 0.15) is 23.5 Å². The van der Waals surface area contributed by atoms with E-state index in [0.29, 0.717) is 35.6 Å². The Balaban J connectivity index is 1.80. The molecule has 4 rings (SSSR count). The number of fused-ring (bicyclic) bond motifs is 1. The monoisotopic (exact) mass is 378 g/mol. The zero-order valence-electron chi connectivity index (χ0n) is 14.5. The van der Waals surface area contributed by atoms with E-state index in [1.807, 2.05) is 6.92 Å². The summed E-state index contributed by atoms with van der Waals surface area (Å²) in [5.74, 6) is 0.577. The summed E-state index contributed by atoms with van der Waals surface area (Å²) in [7, 11) is 0. The molecule has 7 nitrogen and oxygen atoms in total. The number of alkyl halides is 3. The van der Waals surface area contributed by atoms with Crippen LogP contribution in [0.3, 0.4) is 0 Å². The van der Waals surface area contributed by atoms with E-state index < -0.39 is 11.9 Å². The van der Waals surface area contributed by atoms with Crippen LogP contribution in [0.4, 0.5) is 19.0 Å². The van der Waals surface area contributed by atoms with Gasteiger partial charge in [-0.1, -0.05) is 0 Å². The van der Waals surface area contributed by atoms with E-state index in [-0.39, 0.29) is 11.7 Å². The third kappa shape index (κ3) is 3.57. The van der Waals surface area contributed by atoms with E-state index in [1.54, 1.807) is 6.07 Å². The molecule has 142 valence electrons. The fraction of sp³-hybridized carbons (Fsp3) is 0.412. The van der Waals surface area contributed by atoms with Gasteiger partial charge >= 0.3 is 6.18 Å². The molecule has 4 heterocycles. The minimum Gasteiger partial charge on any atom is -0.381 e. The highest BCUT2D eigenvalue weighted by atomic mass is 19.4. The normalized spacial score (nSPS) is 16.0. The van der Waals surface area contributed by atoms with Crippen molar-refractivity contribution in [1.29, 1.82) is 0 Å². The van der Waals surface area contributed by atoms with Crippen LogP contribution in [0.25, 0.3) is 22.3 Å². The highest BCUT2D eigenvalue weighted by Crippen LogP contribution is 2.34. The molecule has 0 aliphatic carbocycles. The summed E-state index contributed by atoms with van der Waals surface area (Å²) >= 11 is 0. The molecular formula is C17H17F3N6O. The third-order valence-corrected chi connectivity index (χ3v) is 4.43. The van der Waals surface area contributed by atoms with Gasteiger partial charge in [-0.3, -0.25) is 5.10 Å². The van der Waals surface area contributed by atoms with Crippen LogP contribution in [-0.4, -0.2) is 44.4 Å². The lowest BCUT2D eigenvalue weighted by atomic mass is 10.1. The first kappa shape index (κ1) is 17.7. The summed E-state index contributed by atoms with van der Waals surface area (Å²) in [6.07, 6.45) is -2.00. The molecule has 0 amide bonds. The third-order valence-electron chi connectivity index (χ3n) is 4.43. The molecule has 27 heavy (non-hydrogen) atoms. The van der Waals surface area contributed by atoms with Gasteiger partial charge in [0.2, 0.25) is 0 Å². The van der Waals surface area contributed by atoms with Crippen molar-refractivity contribution < 1.29 is 17.9 Å². The second-order valence-corrected chi connectivity index (χ2v) is 6.42. The summed E-state index contributed by atoms with van der Waals surface area (Å²) in [5, 5.41) is 11.1. The van der Waals surface area contributed by atoms with Crippen LogP contribution in [0.1, 0.15) is 24.2 Å². The zero-order valence-corrected chi connectivity index (χ0v) is 14.5. The molecule has 0 atom stereocenters. The standard InChI is InChI=1S/C17H17F3N6O/c1-9-6-11-14(16(23-9)24-10-2-4-27-5-3-10)15(26-25-11)12-7-13(17(18,19)20)22-8-21-12/h6-8,10H,2-5H2,1H3,(H,23,24)(H,25,26). The lowest BCUT2D eigenvalue weighted by molar-refractivity contribution is -0.141. The number of anilines is 1. The van der Waals surface area contributed by atoms with Crippen LogP contribution in [0.5, 0.6) is 0 Å². The fourth-order valence-electron chi connectivity index (χ4n) is 3.14. The predicted molar refractivity (Wildman–Crippen MR) is 92.1 cm³/mol. The Labute approximate surface area is 152 Å². The average molecular weight is 378 g/mol. The summed E-state index contributed by atoms with van der Waals surface area (Å²) in [5.41, 5.74) is 0.831. The smallest absolute Gasteiger partial charge is 0.381 e. The molecule has 1 aliphatic rings. The van der Waals surface area contributed by atoms with Crippen LogP contribution in [-0.2, 0) is 10.9 Å². The van der Waals surface area contributed by atoms with Gasteiger partial charge in [-0.2, -0.15) is 18.3 Å². The molecule has 0 aromatic carbocycles. The van der Waals surface area contributed by atoms with Crippen LogP contribution in [0.15, 0.2) is 18.5 Å². The molecule has 10 heteroatoms. The van der Waals surface area contributed by atoms with Gasteiger partial charge in [-0.15, -0.1) is 0 Å². The lowest BCUT2D eigenvalue weighted by Gasteiger charge is -2.24. The lowest BCUT2D eigenvalue weighted by Crippen LogP contribution is -2.28. The maximum absolute atomic E-state index is 13.0. The molecular weight excluding hydrogens is 361 g/mol. The molecule has 0 spiro atoms. The number of aromatic nitrogens is 5. The van der Waals surface area contributed by atoms with Crippen molar-refractivity contribution >= 4 is 16.7 Å². The van der Waals surface area contributed by atoms with Gasteiger partial charge in [-0.05, 0) is 31.9 Å². The SMILES string of the molecule is Cc1cc2[nH]nc(-c3cc(C(F)(F)F)ncn3)c2c(NC2CCOCC2)n1. The van der Waals surface area contributed by atoms with Crippen molar-refractivity contribution in [3.63, 3.8) is 0 Å². The van der Waals surface area contributed by atoms with Crippen LogP contribution in [0, 0.1) is 6.92 Å². The maximum atomic E-state index is 13.0. The first-order valence-electron chi connectivity index (χ1n) is 8.51. The van der Waals surface area contributed by atoms with E-state index in [2.05, 4.69) is 30.5 Å². The van der Waals surface area contributed by atoms with Gasteiger partial charge < -0.3 is 10.1 Å². The molecule has 0 radical (unpaired) electrons. The molecule has 3 aromatic rings. The summed E-state index contributed by atoms with van der Waals surface area (Å²) in [4.78, 5) is 11.8. The van der Waals surface area contributed by atoms with Crippen LogP contribution in [0.2, 0.25) is 0 Å². The molecule has 0 bridgehead atoms. The Morgan fingerprint density at radius 1 is 1.19 bits per heavy atom. The largest absolute Gasteiger partial charge is 0.433 e. The number of hydrogen-bond acceptors (Lipinski definition) is 6. The van der Waals surface area contributed by atoms with Gasteiger partial charge in [-0.25, -0.2) is 15.0 Å². The maximum Gasteiger partial charge on any atom is 0.433 e. The number of hydrogen-bond donors (Lipinski definition) is 2.